The second kappa shape index (κ2) is 6.48. The van der Waals surface area contributed by atoms with Crippen LogP contribution in [0, 0.1) is 0 Å². The summed E-state index contributed by atoms with van der Waals surface area (Å²) in [5.74, 6) is 0.107. The van der Waals surface area contributed by atoms with E-state index in [1.54, 1.807) is 12.1 Å². The van der Waals surface area contributed by atoms with E-state index in [4.69, 9.17) is 11.6 Å². The van der Waals surface area contributed by atoms with Gasteiger partial charge in [-0.25, -0.2) is 0 Å². The number of ketones is 1. The van der Waals surface area contributed by atoms with E-state index in [2.05, 4.69) is 5.32 Å². The fourth-order valence-corrected chi connectivity index (χ4v) is 2.31. The zero-order chi connectivity index (χ0) is 10.7. The van der Waals surface area contributed by atoms with E-state index in [0.717, 1.165) is 4.88 Å². The molecule has 0 spiro atoms. The molecule has 0 aromatic carbocycles. The van der Waals surface area contributed by atoms with Gasteiger partial charge in [0.2, 0.25) is 0 Å². The molecule has 1 unspecified atom stereocenters. The summed E-state index contributed by atoms with van der Waals surface area (Å²) in [7, 11) is 0. The number of thiophene rings is 1. The highest BCUT2D eigenvalue weighted by Gasteiger charge is 2.17. The lowest BCUT2D eigenvalue weighted by Crippen LogP contribution is -2.38. The molecule has 1 atom stereocenters. The van der Waals surface area contributed by atoms with E-state index in [1.807, 2.05) is 20.8 Å². The summed E-state index contributed by atoms with van der Waals surface area (Å²) in [4.78, 5) is 12.5. The minimum Gasteiger partial charge on any atom is -0.305 e. The smallest absolute Gasteiger partial charge is 0.189 e. The number of carbonyl (C=O) groups excluding carboxylic acids is 1. The highest BCUT2D eigenvalue weighted by molar-refractivity contribution is 7.18. The molecule has 0 bridgehead atoms. The first kappa shape index (κ1) is 14.9. The van der Waals surface area contributed by atoms with Crippen LogP contribution in [0.15, 0.2) is 12.1 Å². The summed E-state index contributed by atoms with van der Waals surface area (Å²) in [6.07, 6.45) is 0. The van der Waals surface area contributed by atoms with E-state index in [1.165, 1.54) is 11.3 Å². The maximum atomic E-state index is 11.8. The number of nitrogens with one attached hydrogen (secondary N) is 1. The van der Waals surface area contributed by atoms with Crippen LogP contribution < -0.4 is 5.32 Å². The lowest BCUT2D eigenvalue weighted by molar-refractivity contribution is 0.0950. The summed E-state index contributed by atoms with van der Waals surface area (Å²) in [5.41, 5.74) is 0. The summed E-state index contributed by atoms with van der Waals surface area (Å²) in [5, 5.41) is 3.16. The van der Waals surface area contributed by atoms with Crippen molar-refractivity contribution in [2.75, 3.05) is 0 Å². The van der Waals surface area contributed by atoms with Crippen molar-refractivity contribution in [2.24, 2.45) is 0 Å². The maximum Gasteiger partial charge on any atom is 0.189 e. The Bertz CT molecular complexity index is 325. The fraction of sp³-hybridized carbons (Fsp3) is 0.500. The van der Waals surface area contributed by atoms with Crippen LogP contribution in [-0.2, 0) is 0 Å². The summed E-state index contributed by atoms with van der Waals surface area (Å²) < 4.78 is 0.657. The van der Waals surface area contributed by atoms with Gasteiger partial charge in [-0.05, 0) is 19.1 Å². The molecule has 0 aliphatic heterocycles. The second-order valence-electron chi connectivity index (χ2n) is 3.51. The van der Waals surface area contributed by atoms with E-state index in [0.29, 0.717) is 10.4 Å². The van der Waals surface area contributed by atoms with Gasteiger partial charge in [0, 0.05) is 6.04 Å². The lowest BCUT2D eigenvalue weighted by Gasteiger charge is -2.14. The molecule has 1 N–H and O–H groups in total. The molecule has 1 heterocycles. The third-order valence-corrected chi connectivity index (χ3v) is 3.04. The Morgan fingerprint density at radius 3 is 2.40 bits per heavy atom. The predicted octanol–water partition coefficient (Wildman–Crippen LogP) is 3.39. The van der Waals surface area contributed by atoms with Crippen molar-refractivity contribution < 1.29 is 4.79 Å². The van der Waals surface area contributed by atoms with Crippen LogP contribution in [0.3, 0.4) is 0 Å². The highest BCUT2D eigenvalue weighted by atomic mass is 35.5. The van der Waals surface area contributed by atoms with E-state index < -0.39 is 0 Å². The van der Waals surface area contributed by atoms with Gasteiger partial charge in [0.15, 0.2) is 5.78 Å². The van der Waals surface area contributed by atoms with Crippen LogP contribution >= 0.6 is 35.3 Å². The molecule has 0 saturated carbocycles. The van der Waals surface area contributed by atoms with Gasteiger partial charge >= 0.3 is 0 Å². The first-order valence-electron chi connectivity index (χ1n) is 4.56. The molecule has 1 aromatic heterocycles. The molecule has 86 valence electrons. The molecule has 1 rings (SSSR count). The number of halogens is 2. The topological polar surface area (TPSA) is 29.1 Å². The van der Waals surface area contributed by atoms with Crippen LogP contribution in [0.1, 0.15) is 30.4 Å². The van der Waals surface area contributed by atoms with Crippen LogP contribution in [-0.4, -0.2) is 17.9 Å². The van der Waals surface area contributed by atoms with E-state index in [-0.39, 0.29) is 24.2 Å². The quantitative estimate of drug-likeness (QED) is 0.848. The second-order valence-corrected chi connectivity index (χ2v) is 5.23. The van der Waals surface area contributed by atoms with Crippen molar-refractivity contribution in [3.63, 3.8) is 0 Å². The number of carbonyl (C=O) groups is 1. The normalized spacial score (nSPS) is 12.3. The van der Waals surface area contributed by atoms with Gasteiger partial charge in [-0.3, -0.25) is 4.79 Å². The van der Waals surface area contributed by atoms with Gasteiger partial charge in [0.1, 0.15) is 0 Å². The van der Waals surface area contributed by atoms with Crippen molar-refractivity contribution >= 4 is 41.1 Å². The highest BCUT2D eigenvalue weighted by Crippen LogP contribution is 2.22. The van der Waals surface area contributed by atoms with E-state index >= 15 is 0 Å². The molecule has 15 heavy (non-hydrogen) atoms. The van der Waals surface area contributed by atoms with Crippen molar-refractivity contribution in [1.29, 1.82) is 0 Å². The molecule has 0 aliphatic rings. The minimum absolute atomic E-state index is 0. The van der Waals surface area contributed by atoms with Crippen molar-refractivity contribution in [2.45, 2.75) is 32.9 Å². The lowest BCUT2D eigenvalue weighted by atomic mass is 10.1. The largest absolute Gasteiger partial charge is 0.305 e. The molecule has 0 fully saturated rings. The fourth-order valence-electron chi connectivity index (χ4n) is 1.24. The predicted molar refractivity (Wildman–Crippen MR) is 68.6 cm³/mol. The van der Waals surface area contributed by atoms with E-state index in [9.17, 15) is 4.79 Å². The Morgan fingerprint density at radius 2 is 2.00 bits per heavy atom. The molecular formula is C10H15Cl2NOS. The Morgan fingerprint density at radius 1 is 1.40 bits per heavy atom. The van der Waals surface area contributed by atoms with Crippen molar-refractivity contribution in [3.8, 4) is 0 Å². The Hall–Kier alpha value is -0.0900. The zero-order valence-electron chi connectivity index (χ0n) is 8.91. The van der Waals surface area contributed by atoms with Crippen LogP contribution in [0.2, 0.25) is 4.34 Å². The van der Waals surface area contributed by atoms with Crippen LogP contribution in [0.5, 0.6) is 0 Å². The third kappa shape index (κ3) is 4.51. The van der Waals surface area contributed by atoms with Crippen molar-refractivity contribution in [3.05, 3.63) is 21.3 Å². The van der Waals surface area contributed by atoms with Gasteiger partial charge in [-0.1, -0.05) is 25.4 Å². The number of Topliss-reactive ketones (excluding diaryl/α,β-unsaturated/α-hetero) is 1. The van der Waals surface area contributed by atoms with Gasteiger partial charge in [0.25, 0.3) is 0 Å². The van der Waals surface area contributed by atoms with Crippen molar-refractivity contribution in [1.82, 2.24) is 5.32 Å². The first-order chi connectivity index (χ1) is 6.50. The van der Waals surface area contributed by atoms with Crippen LogP contribution in [0.4, 0.5) is 0 Å². The third-order valence-electron chi connectivity index (χ3n) is 1.79. The van der Waals surface area contributed by atoms with Gasteiger partial charge in [-0.2, -0.15) is 0 Å². The standard InChI is InChI=1S/C10H14ClNOS.ClH/c1-6(2)12-7(3)10(13)8-4-5-9(11)14-8;/h4-7,12H,1-3H3;1H. The Kier molecular flexibility index (Phi) is 6.44. The minimum atomic E-state index is -0.148. The van der Waals surface area contributed by atoms with Crippen LogP contribution in [0.25, 0.3) is 0 Å². The van der Waals surface area contributed by atoms with Gasteiger partial charge in [0.05, 0.1) is 15.3 Å². The molecular weight excluding hydrogens is 253 g/mol. The molecule has 2 nitrogen and oxygen atoms in total. The number of hydrogen-bond acceptors (Lipinski definition) is 3. The molecule has 0 radical (unpaired) electrons. The molecule has 0 saturated heterocycles. The average molecular weight is 268 g/mol. The molecule has 5 heteroatoms. The van der Waals surface area contributed by atoms with Gasteiger partial charge in [-0.15, -0.1) is 23.7 Å². The Labute approximate surface area is 105 Å². The number of rotatable bonds is 4. The molecule has 1 aromatic rings. The Balaban J connectivity index is 0.00000196. The average Bonchev–Trinajstić information content (AvgIpc) is 2.49. The summed E-state index contributed by atoms with van der Waals surface area (Å²) >= 11 is 7.09. The SMILES string of the molecule is CC(C)NC(C)C(=O)c1ccc(Cl)s1.Cl. The maximum absolute atomic E-state index is 11.8. The monoisotopic (exact) mass is 267 g/mol. The summed E-state index contributed by atoms with van der Waals surface area (Å²) in [6.45, 7) is 5.91. The summed E-state index contributed by atoms with van der Waals surface area (Å²) in [6, 6.07) is 3.68. The molecule has 0 aliphatic carbocycles. The zero-order valence-corrected chi connectivity index (χ0v) is 11.3. The van der Waals surface area contributed by atoms with Gasteiger partial charge < -0.3 is 5.32 Å². The first-order valence-corrected chi connectivity index (χ1v) is 5.75. The number of hydrogen-bond donors (Lipinski definition) is 1. The molecule has 0 amide bonds.